The van der Waals surface area contributed by atoms with Gasteiger partial charge in [0, 0.05) is 39.8 Å². The van der Waals surface area contributed by atoms with Crippen molar-refractivity contribution in [2.45, 2.75) is 25.7 Å². The Balaban J connectivity index is 3.54. The van der Waals surface area contributed by atoms with Crippen LogP contribution in [0.15, 0.2) is 0 Å². The van der Waals surface area contributed by atoms with Gasteiger partial charge in [-0.05, 0) is 25.8 Å². The molecule has 0 saturated carbocycles. The lowest BCUT2D eigenvalue weighted by atomic mass is 10.2. The molecule has 0 aliphatic carbocycles. The molecule has 0 unspecified atom stereocenters. The van der Waals surface area contributed by atoms with Crippen molar-refractivity contribution >= 4 is 11.6 Å². The molecule has 0 aliphatic heterocycles. The minimum atomic E-state index is 0.780. The van der Waals surface area contributed by atoms with E-state index in [0.29, 0.717) is 0 Å². The van der Waals surface area contributed by atoms with Crippen LogP contribution < -0.4 is 0 Å². The van der Waals surface area contributed by atoms with E-state index in [4.69, 9.17) is 21.1 Å². The molecular weight excluding hydrogens is 226 g/mol. The fraction of sp³-hybridized carbons (Fsp3) is 1.00. The molecule has 0 N–H and O–H groups in total. The van der Waals surface area contributed by atoms with Gasteiger partial charge in [-0.25, -0.2) is 0 Å². The maximum absolute atomic E-state index is 5.65. The van der Waals surface area contributed by atoms with Gasteiger partial charge < -0.3 is 14.4 Å². The first kappa shape index (κ1) is 16.2. The molecule has 3 nitrogen and oxygen atoms in total. The van der Waals surface area contributed by atoms with Gasteiger partial charge in [0.15, 0.2) is 0 Å². The lowest BCUT2D eigenvalue weighted by Crippen LogP contribution is -2.30. The summed E-state index contributed by atoms with van der Waals surface area (Å²) >= 11 is 5.65. The van der Waals surface area contributed by atoms with Gasteiger partial charge in [-0.15, -0.1) is 11.6 Å². The van der Waals surface area contributed by atoms with E-state index in [-0.39, 0.29) is 0 Å². The molecule has 0 aromatic heterocycles. The van der Waals surface area contributed by atoms with Crippen molar-refractivity contribution < 1.29 is 9.47 Å². The molecule has 0 aromatic carbocycles. The summed E-state index contributed by atoms with van der Waals surface area (Å²) in [4.78, 5) is 2.44. The van der Waals surface area contributed by atoms with Gasteiger partial charge >= 0.3 is 0 Å². The number of alkyl halides is 1. The predicted molar refractivity (Wildman–Crippen MR) is 69.4 cm³/mol. The van der Waals surface area contributed by atoms with Gasteiger partial charge in [-0.1, -0.05) is 6.42 Å². The maximum Gasteiger partial charge on any atom is 0.0589 e. The van der Waals surface area contributed by atoms with Crippen LogP contribution in [0.1, 0.15) is 25.7 Å². The molecule has 0 atom stereocenters. The van der Waals surface area contributed by atoms with Crippen molar-refractivity contribution in [3.8, 4) is 0 Å². The van der Waals surface area contributed by atoms with E-state index in [9.17, 15) is 0 Å². The van der Waals surface area contributed by atoms with Crippen LogP contribution >= 0.6 is 11.6 Å². The fourth-order valence-corrected chi connectivity index (χ4v) is 1.78. The highest BCUT2D eigenvalue weighted by atomic mass is 35.5. The van der Waals surface area contributed by atoms with Crippen LogP contribution in [0.25, 0.3) is 0 Å². The Bertz CT molecular complexity index is 136. The van der Waals surface area contributed by atoms with Crippen LogP contribution in [0.4, 0.5) is 0 Å². The van der Waals surface area contributed by atoms with Crippen LogP contribution in [0.2, 0.25) is 0 Å². The molecular formula is C12H26ClNO2. The molecule has 0 fully saturated rings. The predicted octanol–water partition coefficient (Wildman–Crippen LogP) is 2.38. The lowest BCUT2D eigenvalue weighted by molar-refractivity contribution is 0.131. The molecule has 0 aromatic rings. The van der Waals surface area contributed by atoms with Crippen LogP contribution in [-0.2, 0) is 9.47 Å². The molecule has 0 spiro atoms. The van der Waals surface area contributed by atoms with E-state index in [1.54, 1.807) is 14.2 Å². The number of methoxy groups -OCH3 is 2. The Hall–Kier alpha value is 0.170. The number of hydrogen-bond acceptors (Lipinski definition) is 3. The zero-order chi connectivity index (χ0) is 12.1. The Morgan fingerprint density at radius 2 is 1.50 bits per heavy atom. The summed E-state index contributed by atoms with van der Waals surface area (Å²) in [5, 5.41) is 0. The van der Waals surface area contributed by atoms with E-state index in [0.717, 1.165) is 51.6 Å². The van der Waals surface area contributed by atoms with Crippen molar-refractivity contribution in [1.82, 2.24) is 4.90 Å². The molecule has 0 heterocycles. The fourth-order valence-electron chi connectivity index (χ4n) is 1.59. The first-order valence-corrected chi connectivity index (χ1v) is 6.64. The molecule has 0 saturated heterocycles. The maximum atomic E-state index is 5.65. The summed E-state index contributed by atoms with van der Waals surface area (Å²) < 4.78 is 10.2. The lowest BCUT2D eigenvalue weighted by Gasteiger charge is -2.21. The number of halogens is 1. The molecule has 98 valence electrons. The van der Waals surface area contributed by atoms with Crippen LogP contribution in [0.5, 0.6) is 0 Å². The number of hydrogen-bond donors (Lipinski definition) is 0. The highest BCUT2D eigenvalue weighted by molar-refractivity contribution is 6.17. The summed E-state index contributed by atoms with van der Waals surface area (Å²) in [5.74, 6) is 0.780. The number of rotatable bonds is 12. The van der Waals surface area contributed by atoms with Crippen LogP contribution in [-0.4, -0.2) is 57.8 Å². The van der Waals surface area contributed by atoms with Crippen molar-refractivity contribution in [1.29, 1.82) is 0 Å². The molecule has 0 amide bonds. The number of ether oxygens (including phenoxy) is 2. The Morgan fingerprint density at radius 3 is 2.12 bits per heavy atom. The first-order valence-electron chi connectivity index (χ1n) is 6.11. The van der Waals surface area contributed by atoms with Gasteiger partial charge in [0.25, 0.3) is 0 Å². The summed E-state index contributed by atoms with van der Waals surface area (Å²) in [6, 6.07) is 0. The van der Waals surface area contributed by atoms with Crippen molar-refractivity contribution in [3.05, 3.63) is 0 Å². The smallest absolute Gasteiger partial charge is 0.0589 e. The van der Waals surface area contributed by atoms with Gasteiger partial charge in [-0.3, -0.25) is 0 Å². The van der Waals surface area contributed by atoms with Crippen molar-refractivity contribution in [3.63, 3.8) is 0 Å². The zero-order valence-electron chi connectivity index (χ0n) is 10.7. The minimum Gasteiger partial charge on any atom is -0.385 e. The monoisotopic (exact) mass is 251 g/mol. The van der Waals surface area contributed by atoms with E-state index in [1.807, 2.05) is 0 Å². The highest BCUT2D eigenvalue weighted by Gasteiger charge is 2.03. The minimum absolute atomic E-state index is 0.780. The SMILES string of the molecule is COCCCN(CCCCCCl)CCOC. The number of nitrogens with zero attached hydrogens (tertiary/aromatic N) is 1. The standard InChI is InChI=1S/C12H26ClNO2/c1-15-11-6-9-14(10-12-16-2)8-5-3-4-7-13/h3-12H2,1-2H3. The largest absolute Gasteiger partial charge is 0.385 e. The third kappa shape index (κ3) is 10.7. The van der Waals surface area contributed by atoms with E-state index >= 15 is 0 Å². The summed E-state index contributed by atoms with van der Waals surface area (Å²) in [5.41, 5.74) is 0. The van der Waals surface area contributed by atoms with Crippen molar-refractivity contribution in [2.24, 2.45) is 0 Å². The van der Waals surface area contributed by atoms with Gasteiger partial charge in [-0.2, -0.15) is 0 Å². The third-order valence-electron chi connectivity index (χ3n) is 2.54. The second kappa shape index (κ2) is 13.2. The van der Waals surface area contributed by atoms with Crippen LogP contribution in [0, 0.1) is 0 Å². The van der Waals surface area contributed by atoms with Gasteiger partial charge in [0.1, 0.15) is 0 Å². The van der Waals surface area contributed by atoms with E-state index < -0.39 is 0 Å². The quantitative estimate of drug-likeness (QED) is 0.393. The molecule has 16 heavy (non-hydrogen) atoms. The average Bonchev–Trinajstić information content (AvgIpc) is 2.31. The summed E-state index contributed by atoms with van der Waals surface area (Å²) in [6.07, 6.45) is 4.66. The highest BCUT2D eigenvalue weighted by Crippen LogP contribution is 2.01. The van der Waals surface area contributed by atoms with Crippen LogP contribution in [0.3, 0.4) is 0 Å². The van der Waals surface area contributed by atoms with E-state index in [2.05, 4.69) is 4.90 Å². The average molecular weight is 252 g/mol. The second-order valence-electron chi connectivity index (χ2n) is 3.93. The van der Waals surface area contributed by atoms with E-state index in [1.165, 1.54) is 12.8 Å². The Morgan fingerprint density at radius 1 is 0.812 bits per heavy atom. The Labute approximate surface area is 105 Å². The van der Waals surface area contributed by atoms with Gasteiger partial charge in [0.05, 0.1) is 6.61 Å². The Kier molecular flexibility index (Phi) is 13.4. The van der Waals surface area contributed by atoms with Crippen molar-refractivity contribution in [2.75, 3.05) is 52.9 Å². The van der Waals surface area contributed by atoms with Gasteiger partial charge in [0.2, 0.25) is 0 Å². The third-order valence-corrected chi connectivity index (χ3v) is 2.81. The zero-order valence-corrected chi connectivity index (χ0v) is 11.5. The first-order chi connectivity index (χ1) is 7.85. The molecule has 0 bridgehead atoms. The molecule has 0 rings (SSSR count). The second-order valence-corrected chi connectivity index (χ2v) is 4.31. The molecule has 0 aliphatic rings. The normalized spacial score (nSPS) is 11.2. The molecule has 4 heteroatoms. The molecule has 0 radical (unpaired) electrons. The summed E-state index contributed by atoms with van der Waals surface area (Å²) in [7, 11) is 3.50. The topological polar surface area (TPSA) is 21.7 Å². The number of unbranched alkanes of at least 4 members (excludes halogenated alkanes) is 2. The summed E-state index contributed by atoms with van der Waals surface area (Å²) in [6.45, 7) is 4.90.